The van der Waals surface area contributed by atoms with E-state index in [1.54, 1.807) is 0 Å². The van der Waals surface area contributed by atoms with E-state index in [1.807, 2.05) is 29.2 Å². The van der Waals surface area contributed by atoms with E-state index in [1.165, 1.54) is 5.56 Å². The smallest absolute Gasteiger partial charge is 0.231 e. The Morgan fingerprint density at radius 1 is 1.38 bits per heavy atom. The number of carbonyl (C=O) groups excluding carboxylic acids is 1. The van der Waals surface area contributed by atoms with E-state index in [2.05, 4.69) is 6.92 Å². The summed E-state index contributed by atoms with van der Waals surface area (Å²) in [7, 11) is 0. The Labute approximate surface area is 78.2 Å². The van der Waals surface area contributed by atoms with Crippen molar-refractivity contribution in [1.29, 1.82) is 0 Å². The van der Waals surface area contributed by atoms with E-state index in [4.69, 9.17) is 0 Å². The van der Waals surface area contributed by atoms with Gasteiger partial charge in [-0.2, -0.15) is 0 Å². The number of anilines is 1. The monoisotopic (exact) mass is 175 g/mol. The predicted octanol–water partition coefficient (Wildman–Crippen LogP) is 1.99. The molecule has 2 heteroatoms. The van der Waals surface area contributed by atoms with Crippen LogP contribution in [0, 0.1) is 0 Å². The lowest BCUT2D eigenvalue weighted by atomic mass is 10.2. The van der Waals surface area contributed by atoms with Crippen molar-refractivity contribution in [3.8, 4) is 0 Å². The largest absolute Gasteiger partial charge is 0.312 e. The molecule has 0 fully saturated rings. The van der Waals surface area contributed by atoms with E-state index in [0.717, 1.165) is 18.7 Å². The van der Waals surface area contributed by atoms with Gasteiger partial charge in [0.1, 0.15) is 0 Å². The van der Waals surface area contributed by atoms with Crippen molar-refractivity contribution in [2.45, 2.75) is 19.8 Å². The van der Waals surface area contributed by atoms with E-state index >= 15 is 0 Å². The molecule has 1 aromatic carbocycles. The first kappa shape index (κ1) is 8.30. The second-order valence-corrected chi connectivity index (χ2v) is 3.35. The molecule has 1 aromatic rings. The second kappa shape index (κ2) is 3.21. The summed E-state index contributed by atoms with van der Waals surface area (Å²) in [5, 5.41) is 0. The molecular weight excluding hydrogens is 162 g/mol. The number of amides is 1. The average molecular weight is 175 g/mol. The van der Waals surface area contributed by atoms with Crippen LogP contribution in [0.25, 0.3) is 0 Å². The number of fused-ring (bicyclic) bond motifs is 1. The molecule has 0 saturated carbocycles. The summed E-state index contributed by atoms with van der Waals surface area (Å²) in [5.41, 5.74) is 2.27. The Morgan fingerprint density at radius 3 is 2.92 bits per heavy atom. The van der Waals surface area contributed by atoms with E-state index in [0.29, 0.717) is 6.42 Å². The van der Waals surface area contributed by atoms with Gasteiger partial charge in [0.25, 0.3) is 0 Å². The second-order valence-electron chi connectivity index (χ2n) is 3.35. The molecule has 0 atom stereocenters. The highest BCUT2D eigenvalue weighted by Crippen LogP contribution is 2.28. The molecule has 0 bridgehead atoms. The molecule has 0 spiro atoms. The quantitative estimate of drug-likeness (QED) is 0.673. The Hall–Kier alpha value is -1.31. The van der Waals surface area contributed by atoms with Crippen LogP contribution in [-0.2, 0) is 11.2 Å². The summed E-state index contributed by atoms with van der Waals surface area (Å²) in [6.07, 6.45) is 1.59. The highest BCUT2D eigenvalue weighted by molar-refractivity contribution is 6.01. The van der Waals surface area contributed by atoms with Gasteiger partial charge in [-0.05, 0) is 18.1 Å². The summed E-state index contributed by atoms with van der Waals surface area (Å²) in [6.45, 7) is 2.93. The van der Waals surface area contributed by atoms with Crippen LogP contribution in [0.4, 0.5) is 5.69 Å². The van der Waals surface area contributed by atoms with Gasteiger partial charge < -0.3 is 4.90 Å². The number of para-hydroxylation sites is 1. The van der Waals surface area contributed by atoms with Gasteiger partial charge in [0.15, 0.2) is 0 Å². The van der Waals surface area contributed by atoms with Crippen molar-refractivity contribution >= 4 is 11.6 Å². The molecule has 1 amide bonds. The maximum absolute atomic E-state index is 11.5. The fourth-order valence-electron chi connectivity index (χ4n) is 1.79. The van der Waals surface area contributed by atoms with Crippen molar-refractivity contribution in [2.24, 2.45) is 0 Å². The molecule has 68 valence electrons. The number of nitrogens with zero attached hydrogens (tertiary/aromatic N) is 1. The third-order valence-corrected chi connectivity index (χ3v) is 2.37. The lowest BCUT2D eigenvalue weighted by Gasteiger charge is -2.15. The third-order valence-electron chi connectivity index (χ3n) is 2.37. The summed E-state index contributed by atoms with van der Waals surface area (Å²) in [6, 6.07) is 8.03. The Kier molecular flexibility index (Phi) is 2.05. The van der Waals surface area contributed by atoms with Crippen LogP contribution in [0.1, 0.15) is 18.9 Å². The zero-order chi connectivity index (χ0) is 9.26. The fraction of sp³-hybridized carbons (Fsp3) is 0.364. The van der Waals surface area contributed by atoms with Gasteiger partial charge >= 0.3 is 0 Å². The van der Waals surface area contributed by atoms with Crippen molar-refractivity contribution in [3.63, 3.8) is 0 Å². The van der Waals surface area contributed by atoms with Crippen LogP contribution < -0.4 is 4.90 Å². The number of hydrogen-bond acceptors (Lipinski definition) is 1. The third kappa shape index (κ3) is 1.32. The van der Waals surface area contributed by atoms with Crippen LogP contribution in [-0.4, -0.2) is 12.5 Å². The topological polar surface area (TPSA) is 20.3 Å². The first-order valence-corrected chi connectivity index (χ1v) is 4.71. The van der Waals surface area contributed by atoms with Crippen LogP contribution in [0.2, 0.25) is 0 Å². The number of hydrogen-bond donors (Lipinski definition) is 0. The summed E-state index contributed by atoms with van der Waals surface area (Å²) in [5.74, 6) is 0.239. The standard InChI is InChI=1S/C11H13NO/c1-2-7-12-10-6-4-3-5-9(10)8-11(12)13/h3-6H,2,7-8H2,1H3. The molecule has 13 heavy (non-hydrogen) atoms. The molecule has 0 radical (unpaired) electrons. The first-order valence-electron chi connectivity index (χ1n) is 4.71. The Morgan fingerprint density at radius 2 is 2.15 bits per heavy atom. The molecular formula is C11H13NO. The van der Waals surface area contributed by atoms with Crippen LogP contribution >= 0.6 is 0 Å². The van der Waals surface area contributed by atoms with Crippen molar-refractivity contribution in [2.75, 3.05) is 11.4 Å². The van der Waals surface area contributed by atoms with Gasteiger partial charge in [-0.3, -0.25) is 4.79 Å². The number of benzene rings is 1. The SMILES string of the molecule is CCCN1C(=O)Cc2ccccc21. The van der Waals surface area contributed by atoms with Gasteiger partial charge in [-0.1, -0.05) is 25.1 Å². The van der Waals surface area contributed by atoms with Crippen LogP contribution in [0.3, 0.4) is 0 Å². The molecule has 0 N–H and O–H groups in total. The highest BCUT2D eigenvalue weighted by Gasteiger charge is 2.25. The molecule has 0 aromatic heterocycles. The first-order chi connectivity index (χ1) is 6.33. The van der Waals surface area contributed by atoms with Gasteiger partial charge in [0.2, 0.25) is 5.91 Å². The minimum absolute atomic E-state index is 0.239. The van der Waals surface area contributed by atoms with Crippen molar-refractivity contribution in [3.05, 3.63) is 29.8 Å². The van der Waals surface area contributed by atoms with E-state index < -0.39 is 0 Å². The van der Waals surface area contributed by atoms with Crippen LogP contribution in [0.5, 0.6) is 0 Å². The highest BCUT2D eigenvalue weighted by atomic mass is 16.2. The average Bonchev–Trinajstić information content (AvgIpc) is 2.44. The molecule has 2 rings (SSSR count). The van der Waals surface area contributed by atoms with Crippen molar-refractivity contribution < 1.29 is 4.79 Å². The van der Waals surface area contributed by atoms with Gasteiger partial charge in [-0.25, -0.2) is 0 Å². The Bertz CT molecular complexity index is 333. The van der Waals surface area contributed by atoms with E-state index in [9.17, 15) is 4.79 Å². The van der Waals surface area contributed by atoms with Gasteiger partial charge in [-0.15, -0.1) is 0 Å². The lowest BCUT2D eigenvalue weighted by Crippen LogP contribution is -2.27. The van der Waals surface area contributed by atoms with E-state index in [-0.39, 0.29) is 5.91 Å². The number of carbonyl (C=O) groups is 1. The van der Waals surface area contributed by atoms with Crippen LogP contribution in [0.15, 0.2) is 24.3 Å². The summed E-state index contributed by atoms with van der Waals surface area (Å²) in [4.78, 5) is 13.4. The van der Waals surface area contributed by atoms with Gasteiger partial charge in [0.05, 0.1) is 6.42 Å². The maximum Gasteiger partial charge on any atom is 0.231 e. The molecule has 2 nitrogen and oxygen atoms in total. The molecule has 1 aliphatic rings. The maximum atomic E-state index is 11.5. The predicted molar refractivity (Wildman–Crippen MR) is 52.8 cm³/mol. The molecule has 1 aliphatic heterocycles. The minimum Gasteiger partial charge on any atom is -0.312 e. The summed E-state index contributed by atoms with van der Waals surface area (Å²) >= 11 is 0. The molecule has 1 heterocycles. The minimum atomic E-state index is 0.239. The lowest BCUT2D eigenvalue weighted by molar-refractivity contribution is -0.117. The zero-order valence-corrected chi connectivity index (χ0v) is 7.79. The normalized spacial score (nSPS) is 14.8. The molecule has 0 aliphatic carbocycles. The van der Waals surface area contributed by atoms with Gasteiger partial charge in [0, 0.05) is 12.2 Å². The molecule has 0 unspecified atom stereocenters. The zero-order valence-electron chi connectivity index (χ0n) is 7.79. The molecule has 0 saturated heterocycles. The Balaban J connectivity index is 2.35. The fourth-order valence-corrected chi connectivity index (χ4v) is 1.79. The van der Waals surface area contributed by atoms with Crippen molar-refractivity contribution in [1.82, 2.24) is 0 Å². The number of rotatable bonds is 2. The summed E-state index contributed by atoms with van der Waals surface area (Å²) < 4.78 is 0.